The fraction of sp³-hybridized carbons (Fsp3) is 0.600. The van der Waals surface area contributed by atoms with Crippen LogP contribution in [0.2, 0.25) is 0 Å². The summed E-state index contributed by atoms with van der Waals surface area (Å²) < 4.78 is 5.33. The molecular weight excluding hydrogens is 254 g/mol. The van der Waals surface area contributed by atoms with Gasteiger partial charge in [0.1, 0.15) is 5.82 Å². The van der Waals surface area contributed by atoms with Crippen molar-refractivity contribution in [2.75, 3.05) is 25.9 Å². The van der Waals surface area contributed by atoms with Gasteiger partial charge >= 0.3 is 0 Å². The number of ether oxygens (including phenoxy) is 1. The van der Waals surface area contributed by atoms with Crippen LogP contribution in [0.15, 0.2) is 12.1 Å². The average molecular weight is 277 g/mol. The van der Waals surface area contributed by atoms with Crippen molar-refractivity contribution in [2.24, 2.45) is 0 Å². The van der Waals surface area contributed by atoms with Gasteiger partial charge in [0.15, 0.2) is 0 Å². The number of piperidine rings is 1. The van der Waals surface area contributed by atoms with Crippen LogP contribution in [0.4, 0.5) is 5.82 Å². The summed E-state index contributed by atoms with van der Waals surface area (Å²) in [6.45, 7) is 3.56. The van der Waals surface area contributed by atoms with E-state index in [0.717, 1.165) is 44.5 Å². The first-order valence-electron chi connectivity index (χ1n) is 7.22. The first-order chi connectivity index (χ1) is 9.63. The third-order valence-electron chi connectivity index (χ3n) is 3.71. The maximum Gasteiger partial charge on any atom is 0.254 e. The van der Waals surface area contributed by atoms with Crippen LogP contribution in [0.3, 0.4) is 0 Å². The third-order valence-corrected chi connectivity index (χ3v) is 3.71. The molecule has 1 fully saturated rings. The number of likely N-dealkylation sites (tertiary alicyclic amines) is 1. The lowest BCUT2D eigenvalue weighted by Gasteiger charge is -2.31. The van der Waals surface area contributed by atoms with Crippen LogP contribution in [0.5, 0.6) is 0 Å². The maximum absolute atomic E-state index is 12.5. The van der Waals surface area contributed by atoms with Crippen LogP contribution in [0.25, 0.3) is 0 Å². The average Bonchev–Trinajstić information content (AvgIpc) is 2.46. The summed E-state index contributed by atoms with van der Waals surface area (Å²) in [6, 6.07) is 3.54. The Balaban J connectivity index is 2.09. The number of aromatic nitrogens is 1. The second kappa shape index (κ2) is 6.70. The zero-order valence-corrected chi connectivity index (χ0v) is 12.3. The van der Waals surface area contributed by atoms with Crippen molar-refractivity contribution in [1.82, 2.24) is 9.88 Å². The van der Waals surface area contributed by atoms with E-state index in [0.29, 0.717) is 11.4 Å². The Hall–Kier alpha value is -1.62. The van der Waals surface area contributed by atoms with Crippen LogP contribution in [-0.4, -0.2) is 42.1 Å². The fourth-order valence-electron chi connectivity index (χ4n) is 2.60. The summed E-state index contributed by atoms with van der Waals surface area (Å²) in [5.74, 6) is 0.470. The standard InChI is InChI=1S/C15H23N3O2/c1-3-4-12-9-11(10-14(16)17-12)15(19)18-7-5-13(20-2)6-8-18/h9-10,13H,3-8H2,1-2H3,(H2,16,17). The van der Waals surface area contributed by atoms with Crippen molar-refractivity contribution in [3.8, 4) is 0 Å². The van der Waals surface area contributed by atoms with Gasteiger partial charge in [0.05, 0.1) is 6.10 Å². The van der Waals surface area contributed by atoms with E-state index in [9.17, 15) is 4.79 Å². The van der Waals surface area contributed by atoms with E-state index in [-0.39, 0.29) is 12.0 Å². The molecule has 0 aromatic carbocycles. The number of nitrogens with zero attached hydrogens (tertiary/aromatic N) is 2. The molecule has 1 aromatic heterocycles. The monoisotopic (exact) mass is 277 g/mol. The van der Waals surface area contributed by atoms with Gasteiger partial charge in [-0.2, -0.15) is 0 Å². The van der Waals surface area contributed by atoms with Crippen LogP contribution in [0.1, 0.15) is 42.2 Å². The zero-order valence-electron chi connectivity index (χ0n) is 12.3. The summed E-state index contributed by atoms with van der Waals surface area (Å²) in [7, 11) is 1.72. The van der Waals surface area contributed by atoms with E-state index in [2.05, 4.69) is 11.9 Å². The van der Waals surface area contributed by atoms with Gasteiger partial charge in [-0.1, -0.05) is 13.3 Å². The number of amides is 1. The number of rotatable bonds is 4. The lowest BCUT2D eigenvalue weighted by Crippen LogP contribution is -2.40. The fourth-order valence-corrected chi connectivity index (χ4v) is 2.60. The molecule has 5 heteroatoms. The minimum Gasteiger partial charge on any atom is -0.384 e. The Morgan fingerprint density at radius 3 is 2.75 bits per heavy atom. The lowest BCUT2D eigenvalue weighted by molar-refractivity contribution is 0.0350. The third kappa shape index (κ3) is 3.48. The van der Waals surface area contributed by atoms with E-state index in [1.54, 1.807) is 13.2 Å². The highest BCUT2D eigenvalue weighted by Gasteiger charge is 2.23. The van der Waals surface area contributed by atoms with Gasteiger partial charge < -0.3 is 15.4 Å². The molecule has 20 heavy (non-hydrogen) atoms. The Kier molecular flexibility index (Phi) is 4.95. The molecule has 0 unspecified atom stereocenters. The van der Waals surface area contributed by atoms with E-state index in [1.807, 2.05) is 11.0 Å². The maximum atomic E-state index is 12.5. The predicted molar refractivity (Wildman–Crippen MR) is 78.6 cm³/mol. The van der Waals surface area contributed by atoms with Crippen LogP contribution in [0, 0.1) is 0 Å². The Morgan fingerprint density at radius 2 is 2.15 bits per heavy atom. The summed E-state index contributed by atoms with van der Waals surface area (Å²) in [5, 5.41) is 0. The van der Waals surface area contributed by atoms with E-state index in [4.69, 9.17) is 10.5 Å². The molecule has 1 aliphatic rings. The number of nitrogens with two attached hydrogens (primary N) is 1. The molecule has 0 aliphatic carbocycles. The number of nitrogen functional groups attached to an aromatic ring is 1. The van der Waals surface area contributed by atoms with Crippen LogP contribution >= 0.6 is 0 Å². The Labute approximate surface area is 120 Å². The van der Waals surface area contributed by atoms with Crippen LogP contribution in [-0.2, 0) is 11.2 Å². The number of pyridine rings is 1. The number of carbonyl (C=O) groups excluding carboxylic acids is 1. The van der Waals surface area contributed by atoms with Gasteiger partial charge in [0, 0.05) is 31.5 Å². The van der Waals surface area contributed by atoms with Gasteiger partial charge in [0.2, 0.25) is 0 Å². The highest BCUT2D eigenvalue weighted by Crippen LogP contribution is 2.17. The summed E-state index contributed by atoms with van der Waals surface area (Å²) in [6.07, 6.45) is 3.90. The van der Waals surface area contributed by atoms with Gasteiger partial charge in [-0.05, 0) is 31.4 Å². The molecule has 5 nitrogen and oxygen atoms in total. The predicted octanol–water partition coefficient (Wildman–Crippen LogP) is 1.87. The van der Waals surface area contributed by atoms with Crippen molar-refractivity contribution in [1.29, 1.82) is 0 Å². The molecule has 2 N–H and O–H groups in total. The molecule has 0 saturated carbocycles. The van der Waals surface area contributed by atoms with Gasteiger partial charge in [-0.15, -0.1) is 0 Å². The van der Waals surface area contributed by atoms with E-state index in [1.165, 1.54) is 0 Å². The number of hydrogen-bond donors (Lipinski definition) is 1. The molecule has 110 valence electrons. The largest absolute Gasteiger partial charge is 0.384 e. The molecule has 0 radical (unpaired) electrons. The Morgan fingerprint density at radius 1 is 1.45 bits per heavy atom. The van der Waals surface area contributed by atoms with Gasteiger partial charge in [-0.25, -0.2) is 4.98 Å². The van der Waals surface area contributed by atoms with Crippen molar-refractivity contribution < 1.29 is 9.53 Å². The first kappa shape index (κ1) is 14.8. The molecule has 0 spiro atoms. The SMILES string of the molecule is CCCc1cc(C(=O)N2CCC(OC)CC2)cc(N)n1. The topological polar surface area (TPSA) is 68.5 Å². The van der Waals surface area contributed by atoms with Crippen molar-refractivity contribution in [3.63, 3.8) is 0 Å². The van der Waals surface area contributed by atoms with Crippen LogP contribution < -0.4 is 5.73 Å². The molecule has 1 aromatic rings. The second-order valence-corrected chi connectivity index (χ2v) is 5.25. The molecular formula is C15H23N3O2. The minimum absolute atomic E-state index is 0.0472. The highest BCUT2D eigenvalue weighted by atomic mass is 16.5. The van der Waals surface area contributed by atoms with Crippen molar-refractivity contribution in [3.05, 3.63) is 23.4 Å². The van der Waals surface area contributed by atoms with Crippen molar-refractivity contribution >= 4 is 11.7 Å². The molecule has 1 saturated heterocycles. The van der Waals surface area contributed by atoms with Gasteiger partial charge in [-0.3, -0.25) is 4.79 Å². The first-order valence-corrected chi connectivity index (χ1v) is 7.22. The second-order valence-electron chi connectivity index (χ2n) is 5.25. The summed E-state index contributed by atoms with van der Waals surface area (Å²) in [4.78, 5) is 18.6. The molecule has 1 amide bonds. The zero-order chi connectivity index (χ0) is 14.5. The summed E-state index contributed by atoms with van der Waals surface area (Å²) in [5.41, 5.74) is 7.34. The molecule has 0 bridgehead atoms. The lowest BCUT2D eigenvalue weighted by atomic mass is 10.1. The number of anilines is 1. The molecule has 2 heterocycles. The highest BCUT2D eigenvalue weighted by molar-refractivity contribution is 5.95. The summed E-state index contributed by atoms with van der Waals surface area (Å²) >= 11 is 0. The van der Waals surface area contributed by atoms with Crippen molar-refractivity contribution in [2.45, 2.75) is 38.7 Å². The normalized spacial score (nSPS) is 16.4. The number of aryl methyl sites for hydroxylation is 1. The number of hydrogen-bond acceptors (Lipinski definition) is 4. The quantitative estimate of drug-likeness (QED) is 0.912. The van der Waals surface area contributed by atoms with E-state index < -0.39 is 0 Å². The number of methoxy groups -OCH3 is 1. The Bertz CT molecular complexity index is 468. The number of carbonyl (C=O) groups is 1. The smallest absolute Gasteiger partial charge is 0.254 e. The van der Waals surface area contributed by atoms with E-state index >= 15 is 0 Å². The molecule has 2 rings (SSSR count). The minimum atomic E-state index is 0.0472. The van der Waals surface area contributed by atoms with Gasteiger partial charge in [0.25, 0.3) is 5.91 Å². The molecule has 1 aliphatic heterocycles. The molecule has 0 atom stereocenters.